The molecule has 2 heterocycles. The zero-order chi connectivity index (χ0) is 14.6. The van der Waals surface area contributed by atoms with Crippen LogP contribution in [0.25, 0.3) is 0 Å². The van der Waals surface area contributed by atoms with Crippen LogP contribution in [0.1, 0.15) is 32.6 Å². The Bertz CT molecular complexity index is 389. The van der Waals surface area contributed by atoms with Crippen molar-refractivity contribution in [2.75, 3.05) is 32.8 Å². The summed E-state index contributed by atoms with van der Waals surface area (Å²) < 4.78 is 5.86. The van der Waals surface area contributed by atoms with Crippen LogP contribution in [0, 0.1) is 0 Å². The van der Waals surface area contributed by atoms with Crippen LogP contribution in [0.4, 0.5) is 0 Å². The monoisotopic (exact) mass is 296 g/mol. The van der Waals surface area contributed by atoms with Gasteiger partial charge in [0.15, 0.2) is 0 Å². The van der Waals surface area contributed by atoms with Gasteiger partial charge in [0.1, 0.15) is 0 Å². The number of thiophene rings is 1. The first kappa shape index (κ1) is 16.0. The molecule has 1 atom stereocenters. The summed E-state index contributed by atoms with van der Waals surface area (Å²) in [6, 6.07) is 4.97. The molecule has 1 aliphatic heterocycles. The van der Waals surface area contributed by atoms with Crippen molar-refractivity contribution in [3.05, 3.63) is 22.4 Å². The molecule has 0 aliphatic carbocycles. The molecule has 0 aromatic carbocycles. The number of nitrogens with one attached hydrogen (secondary N) is 1. The number of hydrogen-bond acceptors (Lipinski definition) is 4. The Kier molecular flexibility index (Phi) is 5.61. The van der Waals surface area contributed by atoms with Crippen LogP contribution < -0.4 is 5.32 Å². The predicted molar refractivity (Wildman–Crippen MR) is 86.7 cm³/mol. The van der Waals surface area contributed by atoms with Gasteiger partial charge in [0, 0.05) is 42.5 Å². The first-order valence-electron chi connectivity index (χ1n) is 7.59. The summed E-state index contributed by atoms with van der Waals surface area (Å²) in [5.74, 6) is 0. The van der Waals surface area contributed by atoms with Gasteiger partial charge in [-0.2, -0.15) is 0 Å². The summed E-state index contributed by atoms with van der Waals surface area (Å²) >= 11 is 1.84. The lowest BCUT2D eigenvalue weighted by atomic mass is 9.91. The van der Waals surface area contributed by atoms with Gasteiger partial charge in [-0.25, -0.2) is 0 Å². The molecule has 2 rings (SSSR count). The Labute approximate surface area is 127 Å². The Morgan fingerprint density at radius 2 is 2.30 bits per heavy atom. The van der Waals surface area contributed by atoms with Crippen LogP contribution in [0.15, 0.2) is 17.5 Å². The van der Waals surface area contributed by atoms with Crippen molar-refractivity contribution >= 4 is 11.3 Å². The van der Waals surface area contributed by atoms with Gasteiger partial charge in [0.2, 0.25) is 0 Å². The Morgan fingerprint density at radius 1 is 1.50 bits per heavy atom. The quantitative estimate of drug-likeness (QED) is 0.873. The fourth-order valence-corrected chi connectivity index (χ4v) is 3.48. The summed E-state index contributed by atoms with van der Waals surface area (Å²) in [4.78, 5) is 3.94. The fourth-order valence-electron chi connectivity index (χ4n) is 2.63. The van der Waals surface area contributed by atoms with Crippen molar-refractivity contribution in [2.45, 2.75) is 45.3 Å². The summed E-state index contributed by atoms with van der Waals surface area (Å²) in [5.41, 5.74) is 0.195. The molecule has 1 unspecified atom stereocenters. The lowest BCUT2D eigenvalue weighted by molar-refractivity contribution is -0.0374. The maximum atomic E-state index is 5.86. The van der Waals surface area contributed by atoms with E-state index in [0.29, 0.717) is 12.1 Å². The molecular formula is C16H28N2OS. The first-order valence-corrected chi connectivity index (χ1v) is 8.47. The van der Waals surface area contributed by atoms with E-state index in [2.05, 4.69) is 55.4 Å². The smallest absolute Gasteiger partial charge is 0.0826 e. The molecule has 114 valence electrons. The molecule has 1 aliphatic rings. The number of ether oxygens (including phenoxy) is 1. The molecule has 1 aromatic heterocycles. The molecule has 0 spiro atoms. The Morgan fingerprint density at radius 3 is 2.95 bits per heavy atom. The third kappa shape index (κ3) is 4.29. The normalized spacial score (nSPS) is 21.6. The van der Waals surface area contributed by atoms with E-state index in [1.807, 2.05) is 11.3 Å². The van der Waals surface area contributed by atoms with Crippen LogP contribution in [0.3, 0.4) is 0 Å². The van der Waals surface area contributed by atoms with Gasteiger partial charge in [0.05, 0.1) is 12.7 Å². The van der Waals surface area contributed by atoms with E-state index in [1.165, 1.54) is 4.88 Å². The zero-order valence-corrected chi connectivity index (χ0v) is 14.0. The number of nitrogens with zero attached hydrogens (tertiary/aromatic N) is 1. The maximum Gasteiger partial charge on any atom is 0.0826 e. The third-order valence-electron chi connectivity index (χ3n) is 4.03. The minimum atomic E-state index is 0.195. The van der Waals surface area contributed by atoms with Gasteiger partial charge in [-0.1, -0.05) is 19.9 Å². The van der Waals surface area contributed by atoms with E-state index in [0.717, 1.165) is 32.8 Å². The Balaban J connectivity index is 1.75. The predicted octanol–water partition coefficient (Wildman–Crippen LogP) is 2.72. The van der Waals surface area contributed by atoms with Crippen LogP contribution >= 0.6 is 11.3 Å². The van der Waals surface area contributed by atoms with Gasteiger partial charge < -0.3 is 10.1 Å². The van der Waals surface area contributed by atoms with Crippen molar-refractivity contribution in [2.24, 2.45) is 0 Å². The highest BCUT2D eigenvalue weighted by Gasteiger charge is 2.24. The number of rotatable bonds is 6. The van der Waals surface area contributed by atoms with E-state index in [4.69, 9.17) is 4.74 Å². The summed E-state index contributed by atoms with van der Waals surface area (Å²) in [5, 5.41) is 5.75. The van der Waals surface area contributed by atoms with Crippen LogP contribution in [-0.4, -0.2) is 49.8 Å². The molecule has 20 heavy (non-hydrogen) atoms. The lowest BCUT2D eigenvalue weighted by Crippen LogP contribution is -2.50. The van der Waals surface area contributed by atoms with Crippen LogP contribution in [0.2, 0.25) is 0 Å². The molecule has 0 amide bonds. The van der Waals surface area contributed by atoms with Crippen LogP contribution in [-0.2, 0) is 10.2 Å². The largest absolute Gasteiger partial charge is 0.374 e. The lowest BCUT2D eigenvalue weighted by Gasteiger charge is -2.36. The zero-order valence-electron chi connectivity index (χ0n) is 13.2. The van der Waals surface area contributed by atoms with Gasteiger partial charge in [-0.3, -0.25) is 4.90 Å². The second-order valence-corrected chi connectivity index (χ2v) is 7.52. The second-order valence-electron chi connectivity index (χ2n) is 6.57. The first-order chi connectivity index (χ1) is 9.49. The van der Waals surface area contributed by atoms with Crippen molar-refractivity contribution in [1.29, 1.82) is 0 Å². The maximum absolute atomic E-state index is 5.86. The highest BCUT2D eigenvalue weighted by atomic mass is 32.1. The molecule has 0 bridgehead atoms. The average Bonchev–Trinajstić information content (AvgIpc) is 2.93. The average molecular weight is 296 g/mol. The summed E-state index contributed by atoms with van der Waals surface area (Å²) in [7, 11) is 0. The molecule has 1 saturated heterocycles. The molecular weight excluding hydrogens is 268 g/mol. The van der Waals surface area contributed by atoms with E-state index >= 15 is 0 Å². The number of morpholine rings is 1. The SMILES string of the molecule is CC(C)N1CCOC(CNCC(C)(C)c2cccs2)C1. The minimum Gasteiger partial charge on any atom is -0.374 e. The molecule has 1 N–H and O–H groups in total. The minimum absolute atomic E-state index is 0.195. The van der Waals surface area contributed by atoms with Crippen LogP contribution in [0.5, 0.6) is 0 Å². The highest BCUT2D eigenvalue weighted by molar-refractivity contribution is 7.10. The van der Waals surface area contributed by atoms with Crippen molar-refractivity contribution in [3.8, 4) is 0 Å². The van der Waals surface area contributed by atoms with Crippen molar-refractivity contribution in [1.82, 2.24) is 10.2 Å². The fraction of sp³-hybridized carbons (Fsp3) is 0.750. The topological polar surface area (TPSA) is 24.5 Å². The molecule has 0 radical (unpaired) electrons. The van der Waals surface area contributed by atoms with E-state index in [9.17, 15) is 0 Å². The van der Waals surface area contributed by atoms with E-state index < -0.39 is 0 Å². The second kappa shape index (κ2) is 7.03. The standard InChI is InChI=1S/C16H28N2OS/c1-13(2)18-7-8-19-14(11-18)10-17-12-16(3,4)15-6-5-9-20-15/h5-6,9,13-14,17H,7-8,10-12H2,1-4H3. The highest BCUT2D eigenvalue weighted by Crippen LogP contribution is 2.26. The van der Waals surface area contributed by atoms with E-state index in [1.54, 1.807) is 0 Å². The molecule has 0 saturated carbocycles. The number of hydrogen-bond donors (Lipinski definition) is 1. The van der Waals surface area contributed by atoms with Crippen molar-refractivity contribution in [3.63, 3.8) is 0 Å². The summed E-state index contributed by atoms with van der Waals surface area (Å²) in [6.07, 6.45) is 0.324. The van der Waals surface area contributed by atoms with Gasteiger partial charge in [-0.05, 0) is 25.3 Å². The van der Waals surface area contributed by atoms with Crippen molar-refractivity contribution < 1.29 is 4.74 Å². The molecule has 3 nitrogen and oxygen atoms in total. The summed E-state index contributed by atoms with van der Waals surface area (Å²) in [6.45, 7) is 14.0. The van der Waals surface area contributed by atoms with E-state index in [-0.39, 0.29) is 5.41 Å². The van der Waals surface area contributed by atoms with Gasteiger partial charge in [-0.15, -0.1) is 11.3 Å². The Hall–Kier alpha value is -0.420. The molecule has 1 fully saturated rings. The van der Waals surface area contributed by atoms with Gasteiger partial charge >= 0.3 is 0 Å². The van der Waals surface area contributed by atoms with Gasteiger partial charge in [0.25, 0.3) is 0 Å². The molecule has 4 heteroatoms. The molecule has 1 aromatic rings. The third-order valence-corrected chi connectivity index (χ3v) is 5.26.